The lowest BCUT2D eigenvalue weighted by atomic mass is 10.1. The van der Waals surface area contributed by atoms with Crippen LogP contribution in [0.3, 0.4) is 0 Å². The molecule has 20 heavy (non-hydrogen) atoms. The van der Waals surface area contributed by atoms with Crippen LogP contribution in [-0.4, -0.2) is 9.97 Å². The number of nitrogens with one attached hydrogen (secondary N) is 1. The first-order chi connectivity index (χ1) is 9.61. The van der Waals surface area contributed by atoms with E-state index in [1.54, 1.807) is 18.2 Å². The van der Waals surface area contributed by atoms with Gasteiger partial charge in [0.2, 0.25) is 0 Å². The lowest BCUT2D eigenvalue weighted by Crippen LogP contribution is -2.10. The first-order valence-electron chi connectivity index (χ1n) is 6.78. The van der Waals surface area contributed by atoms with Crippen molar-refractivity contribution in [1.82, 2.24) is 9.97 Å². The highest BCUT2D eigenvalue weighted by Crippen LogP contribution is 2.38. The van der Waals surface area contributed by atoms with Gasteiger partial charge in [0.05, 0.1) is 0 Å². The van der Waals surface area contributed by atoms with Crippen LogP contribution >= 0.6 is 0 Å². The maximum Gasteiger partial charge on any atom is 0.136 e. The molecule has 1 atom stereocenters. The summed E-state index contributed by atoms with van der Waals surface area (Å²) in [5, 5.41) is 3.29. The normalized spacial score (nSPS) is 15.9. The molecule has 1 aliphatic carbocycles. The number of aromatic nitrogens is 2. The smallest absolute Gasteiger partial charge is 0.136 e. The van der Waals surface area contributed by atoms with Crippen LogP contribution in [0.5, 0.6) is 0 Å². The number of halogens is 1. The van der Waals surface area contributed by atoms with Crippen molar-refractivity contribution >= 4 is 11.6 Å². The van der Waals surface area contributed by atoms with Crippen LogP contribution in [0, 0.1) is 5.82 Å². The third kappa shape index (κ3) is 2.87. The molecule has 1 fully saturated rings. The molecule has 0 amide bonds. The Morgan fingerprint density at radius 2 is 1.95 bits per heavy atom. The van der Waals surface area contributed by atoms with E-state index in [1.165, 1.54) is 12.1 Å². The number of nitrogens with two attached hydrogens (primary N) is 1. The summed E-state index contributed by atoms with van der Waals surface area (Å²) in [7, 11) is 0. The van der Waals surface area contributed by atoms with Crippen LogP contribution in [0.25, 0.3) is 0 Å². The van der Waals surface area contributed by atoms with E-state index in [-0.39, 0.29) is 11.9 Å². The van der Waals surface area contributed by atoms with Gasteiger partial charge < -0.3 is 11.1 Å². The second-order valence-corrected chi connectivity index (χ2v) is 5.23. The quantitative estimate of drug-likeness (QED) is 0.896. The van der Waals surface area contributed by atoms with Crippen LogP contribution in [0.1, 0.15) is 43.1 Å². The monoisotopic (exact) mass is 272 g/mol. The molecule has 3 rings (SSSR count). The maximum absolute atomic E-state index is 12.9. The molecule has 1 heterocycles. The van der Waals surface area contributed by atoms with Crippen molar-refractivity contribution in [3.8, 4) is 0 Å². The Kier molecular flexibility index (Phi) is 3.26. The van der Waals surface area contributed by atoms with E-state index < -0.39 is 0 Å². The highest BCUT2D eigenvalue weighted by Gasteiger charge is 2.27. The Balaban J connectivity index is 1.78. The van der Waals surface area contributed by atoms with E-state index in [0.29, 0.717) is 11.7 Å². The summed E-state index contributed by atoms with van der Waals surface area (Å²) in [6.45, 7) is 2.00. The molecule has 1 aromatic carbocycles. The Morgan fingerprint density at radius 3 is 2.60 bits per heavy atom. The van der Waals surface area contributed by atoms with Gasteiger partial charge in [0, 0.05) is 18.0 Å². The Bertz CT molecular complexity index is 608. The van der Waals surface area contributed by atoms with Gasteiger partial charge in [-0.05, 0) is 37.5 Å². The summed E-state index contributed by atoms with van der Waals surface area (Å²) in [6, 6.07) is 8.19. The van der Waals surface area contributed by atoms with Gasteiger partial charge in [-0.15, -0.1) is 0 Å². The van der Waals surface area contributed by atoms with Crippen molar-refractivity contribution in [2.75, 3.05) is 11.1 Å². The van der Waals surface area contributed by atoms with E-state index in [2.05, 4.69) is 15.3 Å². The third-order valence-corrected chi connectivity index (χ3v) is 3.44. The van der Waals surface area contributed by atoms with Crippen molar-refractivity contribution in [2.45, 2.75) is 31.7 Å². The number of nitrogens with zero attached hydrogens (tertiary/aromatic N) is 2. The Morgan fingerprint density at radius 1 is 1.25 bits per heavy atom. The molecule has 1 unspecified atom stereocenters. The van der Waals surface area contributed by atoms with Gasteiger partial charge in [0.25, 0.3) is 0 Å². The zero-order chi connectivity index (χ0) is 14.1. The molecular formula is C15H17FN4. The van der Waals surface area contributed by atoms with Crippen LogP contribution in [0.15, 0.2) is 30.3 Å². The number of hydrogen-bond acceptors (Lipinski definition) is 4. The van der Waals surface area contributed by atoms with Gasteiger partial charge in [0.1, 0.15) is 23.3 Å². The fourth-order valence-corrected chi connectivity index (χ4v) is 2.14. The van der Waals surface area contributed by atoms with Gasteiger partial charge in [-0.25, -0.2) is 14.4 Å². The van der Waals surface area contributed by atoms with Crippen LogP contribution in [0.4, 0.5) is 16.0 Å². The summed E-state index contributed by atoms with van der Waals surface area (Å²) in [5.74, 6) is 2.24. The van der Waals surface area contributed by atoms with Crippen LogP contribution in [-0.2, 0) is 0 Å². The second-order valence-electron chi connectivity index (χ2n) is 5.23. The zero-order valence-corrected chi connectivity index (χ0v) is 11.3. The summed E-state index contributed by atoms with van der Waals surface area (Å²) < 4.78 is 12.9. The third-order valence-electron chi connectivity index (χ3n) is 3.44. The van der Waals surface area contributed by atoms with E-state index in [0.717, 1.165) is 30.0 Å². The van der Waals surface area contributed by atoms with Crippen molar-refractivity contribution in [1.29, 1.82) is 0 Å². The fourth-order valence-electron chi connectivity index (χ4n) is 2.14. The Labute approximate surface area is 117 Å². The predicted octanol–water partition coefficient (Wildman–Crippen LogP) is 3.25. The van der Waals surface area contributed by atoms with Crippen molar-refractivity contribution in [2.24, 2.45) is 0 Å². The number of benzene rings is 1. The molecule has 4 nitrogen and oxygen atoms in total. The molecule has 0 aliphatic heterocycles. The zero-order valence-electron chi connectivity index (χ0n) is 11.3. The molecule has 0 bridgehead atoms. The van der Waals surface area contributed by atoms with Gasteiger partial charge in [-0.2, -0.15) is 0 Å². The minimum absolute atomic E-state index is 0.0250. The first-order valence-corrected chi connectivity index (χ1v) is 6.78. The van der Waals surface area contributed by atoms with Gasteiger partial charge in [0.15, 0.2) is 0 Å². The average molecular weight is 272 g/mol. The molecular weight excluding hydrogens is 255 g/mol. The molecule has 0 spiro atoms. The Hall–Kier alpha value is -2.17. The minimum atomic E-state index is -0.233. The van der Waals surface area contributed by atoms with Crippen molar-refractivity contribution in [3.63, 3.8) is 0 Å². The molecule has 1 saturated carbocycles. The number of nitrogen functional groups attached to an aromatic ring is 1. The lowest BCUT2D eigenvalue weighted by Gasteiger charge is -2.15. The molecule has 5 heteroatoms. The largest absolute Gasteiger partial charge is 0.384 e. The lowest BCUT2D eigenvalue weighted by molar-refractivity contribution is 0.626. The molecule has 3 N–H and O–H groups in total. The summed E-state index contributed by atoms with van der Waals surface area (Å²) in [5.41, 5.74) is 6.82. The van der Waals surface area contributed by atoms with E-state index >= 15 is 0 Å². The molecule has 1 aliphatic rings. The highest BCUT2D eigenvalue weighted by molar-refractivity contribution is 5.47. The maximum atomic E-state index is 12.9. The molecule has 1 aromatic heterocycles. The number of rotatable bonds is 4. The first kappa shape index (κ1) is 12.8. The predicted molar refractivity (Wildman–Crippen MR) is 76.9 cm³/mol. The standard InChI is InChI=1S/C15H17FN4/c1-9(10-4-6-12(16)7-5-10)18-14-8-13(17)19-15(20-14)11-2-3-11/h4-9,11H,2-3H2,1H3,(H3,17,18,19,20). The summed E-state index contributed by atoms with van der Waals surface area (Å²) in [4.78, 5) is 8.77. The molecule has 0 saturated heterocycles. The number of anilines is 2. The topological polar surface area (TPSA) is 63.8 Å². The average Bonchev–Trinajstić information content (AvgIpc) is 3.23. The van der Waals surface area contributed by atoms with Gasteiger partial charge in [-0.1, -0.05) is 12.1 Å². The van der Waals surface area contributed by atoms with Gasteiger partial charge >= 0.3 is 0 Å². The van der Waals surface area contributed by atoms with Crippen LogP contribution < -0.4 is 11.1 Å². The van der Waals surface area contributed by atoms with Gasteiger partial charge in [-0.3, -0.25) is 0 Å². The molecule has 0 radical (unpaired) electrons. The van der Waals surface area contributed by atoms with Crippen LogP contribution in [0.2, 0.25) is 0 Å². The van der Waals surface area contributed by atoms with Crippen molar-refractivity contribution < 1.29 is 4.39 Å². The highest BCUT2D eigenvalue weighted by atomic mass is 19.1. The van der Waals surface area contributed by atoms with Crippen molar-refractivity contribution in [3.05, 3.63) is 47.5 Å². The molecule has 104 valence electrons. The second kappa shape index (κ2) is 5.07. The van der Waals surface area contributed by atoms with E-state index in [9.17, 15) is 4.39 Å². The minimum Gasteiger partial charge on any atom is -0.384 e. The number of hydrogen-bond donors (Lipinski definition) is 2. The summed E-state index contributed by atoms with van der Waals surface area (Å²) >= 11 is 0. The molecule has 2 aromatic rings. The SMILES string of the molecule is CC(Nc1cc(N)nc(C2CC2)n1)c1ccc(F)cc1. The van der Waals surface area contributed by atoms with E-state index in [1.807, 2.05) is 6.92 Å². The summed E-state index contributed by atoms with van der Waals surface area (Å²) in [6.07, 6.45) is 2.27. The van der Waals surface area contributed by atoms with E-state index in [4.69, 9.17) is 5.73 Å². The fraction of sp³-hybridized carbons (Fsp3) is 0.333.